The summed E-state index contributed by atoms with van der Waals surface area (Å²) in [6.07, 6.45) is 2.23. The van der Waals surface area contributed by atoms with E-state index in [0.717, 1.165) is 18.4 Å². The first kappa shape index (κ1) is 13.7. The Morgan fingerprint density at radius 2 is 2.18 bits per heavy atom. The van der Waals surface area contributed by atoms with Gasteiger partial charge in [0.1, 0.15) is 5.75 Å². The van der Waals surface area contributed by atoms with E-state index in [-0.39, 0.29) is 11.8 Å². The van der Waals surface area contributed by atoms with Crippen LogP contribution in [0.1, 0.15) is 42.1 Å². The highest BCUT2D eigenvalue weighted by Gasteiger charge is 2.12. The molecule has 1 aromatic rings. The molecule has 1 aromatic carbocycles. The molecular weight excluding hydrogens is 214 g/mol. The molecule has 0 saturated heterocycles. The van der Waals surface area contributed by atoms with Crippen molar-refractivity contribution >= 4 is 5.78 Å². The average Bonchev–Trinajstić information content (AvgIpc) is 2.28. The number of Topliss-reactive ketones (excluding diaryl/α,β-unsaturated/α-hetero) is 1. The first-order valence-corrected chi connectivity index (χ1v) is 5.98. The third-order valence-corrected chi connectivity index (χ3v) is 2.72. The normalized spacial score (nSPS) is 12.2. The molecule has 3 nitrogen and oxygen atoms in total. The number of aryl methyl sites for hydroxylation is 1. The highest BCUT2D eigenvalue weighted by atomic mass is 16.5. The summed E-state index contributed by atoms with van der Waals surface area (Å²) >= 11 is 0. The predicted molar refractivity (Wildman–Crippen MR) is 69.6 cm³/mol. The molecule has 0 fully saturated rings. The summed E-state index contributed by atoms with van der Waals surface area (Å²) in [5.41, 5.74) is 7.41. The van der Waals surface area contributed by atoms with Crippen LogP contribution in [0.4, 0.5) is 0 Å². The zero-order chi connectivity index (χ0) is 12.8. The van der Waals surface area contributed by atoms with E-state index in [1.165, 1.54) is 0 Å². The van der Waals surface area contributed by atoms with E-state index >= 15 is 0 Å². The number of ether oxygens (including phenoxy) is 1. The fourth-order valence-corrected chi connectivity index (χ4v) is 1.76. The number of hydrogen-bond acceptors (Lipinski definition) is 3. The SMILES string of the molecule is COc1ccc(C)cc1C(=O)CCCC(C)N. The summed E-state index contributed by atoms with van der Waals surface area (Å²) in [7, 11) is 1.59. The second kappa shape index (κ2) is 6.40. The molecule has 94 valence electrons. The summed E-state index contributed by atoms with van der Waals surface area (Å²) < 4.78 is 5.20. The van der Waals surface area contributed by atoms with Crippen LogP contribution in [0.25, 0.3) is 0 Å². The number of carbonyl (C=O) groups excluding carboxylic acids is 1. The Kier molecular flexibility index (Phi) is 5.16. The lowest BCUT2D eigenvalue weighted by Gasteiger charge is -2.09. The van der Waals surface area contributed by atoms with Crippen LogP contribution >= 0.6 is 0 Å². The van der Waals surface area contributed by atoms with Crippen LogP contribution in [0, 0.1) is 6.92 Å². The molecule has 0 saturated carbocycles. The Hall–Kier alpha value is -1.35. The molecule has 0 bridgehead atoms. The number of ketones is 1. The van der Waals surface area contributed by atoms with Crippen molar-refractivity contribution in [2.45, 2.75) is 39.2 Å². The second-order valence-electron chi connectivity index (χ2n) is 4.50. The summed E-state index contributed by atoms with van der Waals surface area (Å²) in [5, 5.41) is 0. The lowest BCUT2D eigenvalue weighted by Crippen LogP contribution is -2.15. The molecule has 0 spiro atoms. The fourth-order valence-electron chi connectivity index (χ4n) is 1.76. The van der Waals surface area contributed by atoms with Crippen molar-refractivity contribution in [3.8, 4) is 5.75 Å². The maximum atomic E-state index is 12.0. The molecule has 1 rings (SSSR count). The van der Waals surface area contributed by atoms with Gasteiger partial charge in [-0.05, 0) is 38.8 Å². The van der Waals surface area contributed by atoms with Crippen molar-refractivity contribution in [1.82, 2.24) is 0 Å². The van der Waals surface area contributed by atoms with E-state index < -0.39 is 0 Å². The quantitative estimate of drug-likeness (QED) is 0.771. The Labute approximate surface area is 103 Å². The van der Waals surface area contributed by atoms with Gasteiger partial charge in [-0.3, -0.25) is 4.79 Å². The van der Waals surface area contributed by atoms with E-state index in [1.807, 2.05) is 32.0 Å². The summed E-state index contributed by atoms with van der Waals surface area (Å²) in [6.45, 7) is 3.93. The first-order valence-electron chi connectivity index (χ1n) is 5.98. The Morgan fingerprint density at radius 3 is 2.76 bits per heavy atom. The number of nitrogens with two attached hydrogens (primary N) is 1. The van der Waals surface area contributed by atoms with Crippen LogP contribution in [0.2, 0.25) is 0 Å². The summed E-state index contributed by atoms with van der Waals surface area (Å²) in [4.78, 5) is 12.0. The van der Waals surface area contributed by atoms with Gasteiger partial charge in [-0.15, -0.1) is 0 Å². The third kappa shape index (κ3) is 4.19. The molecule has 0 radical (unpaired) electrons. The van der Waals surface area contributed by atoms with Crippen LogP contribution in [-0.4, -0.2) is 18.9 Å². The first-order chi connectivity index (χ1) is 8.04. The van der Waals surface area contributed by atoms with Gasteiger partial charge in [-0.1, -0.05) is 11.6 Å². The van der Waals surface area contributed by atoms with Gasteiger partial charge in [0.15, 0.2) is 5.78 Å². The maximum Gasteiger partial charge on any atom is 0.166 e. The molecule has 0 aliphatic rings. The van der Waals surface area contributed by atoms with Crippen molar-refractivity contribution < 1.29 is 9.53 Å². The van der Waals surface area contributed by atoms with Gasteiger partial charge >= 0.3 is 0 Å². The third-order valence-electron chi connectivity index (χ3n) is 2.72. The second-order valence-corrected chi connectivity index (χ2v) is 4.50. The van der Waals surface area contributed by atoms with Crippen molar-refractivity contribution in [3.63, 3.8) is 0 Å². The number of hydrogen-bond donors (Lipinski definition) is 1. The lowest BCUT2D eigenvalue weighted by molar-refractivity contribution is 0.0976. The Morgan fingerprint density at radius 1 is 1.47 bits per heavy atom. The summed E-state index contributed by atoms with van der Waals surface area (Å²) in [6, 6.07) is 5.82. The summed E-state index contributed by atoms with van der Waals surface area (Å²) in [5.74, 6) is 0.785. The van der Waals surface area contributed by atoms with E-state index in [4.69, 9.17) is 10.5 Å². The van der Waals surface area contributed by atoms with Crippen molar-refractivity contribution in [3.05, 3.63) is 29.3 Å². The molecule has 0 heterocycles. The standard InChI is InChI=1S/C14H21NO2/c1-10-7-8-14(17-3)12(9-10)13(16)6-4-5-11(2)15/h7-9,11H,4-6,15H2,1-3H3. The predicted octanol–water partition coefficient (Wildman–Crippen LogP) is 2.70. The molecule has 0 aliphatic carbocycles. The number of rotatable bonds is 6. The molecule has 1 atom stereocenters. The minimum Gasteiger partial charge on any atom is -0.496 e. The van der Waals surface area contributed by atoms with Crippen LogP contribution < -0.4 is 10.5 Å². The minimum absolute atomic E-state index is 0.131. The van der Waals surface area contributed by atoms with E-state index in [0.29, 0.717) is 17.7 Å². The Balaban J connectivity index is 2.70. The molecule has 17 heavy (non-hydrogen) atoms. The highest BCUT2D eigenvalue weighted by Crippen LogP contribution is 2.22. The molecule has 3 heteroatoms. The van der Waals surface area contributed by atoms with Gasteiger partial charge in [-0.2, -0.15) is 0 Å². The largest absolute Gasteiger partial charge is 0.496 e. The molecule has 0 aromatic heterocycles. The zero-order valence-electron chi connectivity index (χ0n) is 10.8. The van der Waals surface area contributed by atoms with Gasteiger partial charge < -0.3 is 10.5 Å². The maximum absolute atomic E-state index is 12.0. The van der Waals surface area contributed by atoms with Gasteiger partial charge in [0.2, 0.25) is 0 Å². The van der Waals surface area contributed by atoms with Gasteiger partial charge in [0, 0.05) is 12.5 Å². The van der Waals surface area contributed by atoms with E-state index in [1.54, 1.807) is 7.11 Å². The fraction of sp³-hybridized carbons (Fsp3) is 0.500. The van der Waals surface area contributed by atoms with Crippen LogP contribution in [-0.2, 0) is 0 Å². The van der Waals surface area contributed by atoms with Gasteiger partial charge in [0.25, 0.3) is 0 Å². The van der Waals surface area contributed by atoms with Crippen molar-refractivity contribution in [1.29, 1.82) is 0 Å². The monoisotopic (exact) mass is 235 g/mol. The van der Waals surface area contributed by atoms with Crippen molar-refractivity contribution in [2.75, 3.05) is 7.11 Å². The molecular formula is C14H21NO2. The average molecular weight is 235 g/mol. The lowest BCUT2D eigenvalue weighted by atomic mass is 10.0. The van der Waals surface area contributed by atoms with Crippen LogP contribution in [0.3, 0.4) is 0 Å². The molecule has 1 unspecified atom stereocenters. The molecule has 0 aliphatic heterocycles. The van der Waals surface area contributed by atoms with Crippen LogP contribution in [0.5, 0.6) is 5.75 Å². The number of methoxy groups -OCH3 is 1. The van der Waals surface area contributed by atoms with E-state index in [2.05, 4.69) is 0 Å². The number of carbonyl (C=O) groups is 1. The smallest absolute Gasteiger partial charge is 0.166 e. The van der Waals surface area contributed by atoms with Crippen molar-refractivity contribution in [2.24, 2.45) is 5.73 Å². The highest BCUT2D eigenvalue weighted by molar-refractivity contribution is 5.98. The topological polar surface area (TPSA) is 52.3 Å². The Bertz CT molecular complexity index is 386. The molecule has 2 N–H and O–H groups in total. The minimum atomic E-state index is 0.131. The number of benzene rings is 1. The zero-order valence-corrected chi connectivity index (χ0v) is 10.8. The van der Waals surface area contributed by atoms with Gasteiger partial charge in [0.05, 0.1) is 12.7 Å². The van der Waals surface area contributed by atoms with Gasteiger partial charge in [-0.25, -0.2) is 0 Å². The van der Waals surface area contributed by atoms with Crippen LogP contribution in [0.15, 0.2) is 18.2 Å². The van der Waals surface area contributed by atoms with E-state index in [9.17, 15) is 4.79 Å². The molecule has 0 amide bonds.